The first-order valence-electron chi connectivity index (χ1n) is 6.12. The molecule has 22 heavy (non-hydrogen) atoms. The number of halogens is 4. The average molecular weight is 379 g/mol. The number of carbonyl (C=O) groups is 1. The summed E-state index contributed by atoms with van der Waals surface area (Å²) < 4.78 is 48.3. The van der Waals surface area contributed by atoms with Crippen molar-refractivity contribution in [2.24, 2.45) is 0 Å². The highest BCUT2D eigenvalue weighted by Gasteiger charge is 2.34. The van der Waals surface area contributed by atoms with Crippen molar-refractivity contribution in [3.8, 4) is 11.4 Å². The zero-order valence-corrected chi connectivity index (χ0v) is 13.1. The second-order valence-electron chi connectivity index (χ2n) is 4.30. The van der Waals surface area contributed by atoms with E-state index in [0.29, 0.717) is 5.56 Å². The molecule has 118 valence electrons. The molecule has 1 aromatic carbocycles. The summed E-state index contributed by atoms with van der Waals surface area (Å²) in [4.78, 5) is 15.2. The Bertz CT molecular complexity index is 713. The van der Waals surface area contributed by atoms with Gasteiger partial charge in [-0.25, -0.2) is 4.79 Å². The monoisotopic (exact) mass is 378 g/mol. The van der Waals surface area contributed by atoms with Gasteiger partial charge in [-0.05, 0) is 47.5 Å². The maximum Gasteiger partial charge on any atom is 0.417 e. The van der Waals surface area contributed by atoms with Crippen molar-refractivity contribution >= 4 is 21.9 Å². The number of benzene rings is 1. The summed E-state index contributed by atoms with van der Waals surface area (Å²) in [6.45, 7) is 3.23. The van der Waals surface area contributed by atoms with Crippen LogP contribution in [-0.2, 0) is 10.9 Å². The van der Waals surface area contributed by atoms with E-state index in [2.05, 4.69) is 30.8 Å². The molecule has 9 heteroatoms. The van der Waals surface area contributed by atoms with Gasteiger partial charge in [0.2, 0.25) is 5.82 Å². The summed E-state index contributed by atoms with van der Waals surface area (Å²) in [5.41, 5.74) is -0.412. The highest BCUT2D eigenvalue weighted by molar-refractivity contribution is 9.10. The Hall–Kier alpha value is -1.90. The highest BCUT2D eigenvalue weighted by atomic mass is 79.9. The number of ether oxygens (including phenoxy) is 1. The predicted molar refractivity (Wildman–Crippen MR) is 73.1 cm³/mol. The molecule has 2 rings (SSSR count). The van der Waals surface area contributed by atoms with Crippen LogP contribution in [0.5, 0.6) is 0 Å². The fourth-order valence-electron chi connectivity index (χ4n) is 1.72. The summed E-state index contributed by atoms with van der Waals surface area (Å²) >= 11 is 2.91. The molecule has 0 spiro atoms. The van der Waals surface area contributed by atoms with Crippen LogP contribution in [0.3, 0.4) is 0 Å². The molecule has 0 radical (unpaired) electrons. The Kier molecular flexibility index (Phi) is 4.55. The Morgan fingerprint density at radius 2 is 2.09 bits per heavy atom. The third-order valence-corrected chi connectivity index (χ3v) is 3.75. The second kappa shape index (κ2) is 6.07. The number of rotatable bonds is 3. The maximum absolute atomic E-state index is 13.0. The Labute approximate surface area is 131 Å². The minimum absolute atomic E-state index is 0.0575. The van der Waals surface area contributed by atoms with Gasteiger partial charge in [-0.1, -0.05) is 5.16 Å². The largest absolute Gasteiger partial charge is 0.459 e. The normalized spacial score (nSPS) is 11.5. The predicted octanol–water partition coefficient (Wildman–Crippen LogP) is 4.00. The van der Waals surface area contributed by atoms with Crippen molar-refractivity contribution in [2.75, 3.05) is 6.61 Å². The molecule has 0 amide bonds. The first kappa shape index (κ1) is 16.5. The lowest BCUT2D eigenvalue weighted by Crippen LogP contribution is -2.07. The average Bonchev–Trinajstić information content (AvgIpc) is 2.90. The minimum Gasteiger partial charge on any atom is -0.459 e. The van der Waals surface area contributed by atoms with Crippen LogP contribution in [-0.4, -0.2) is 22.7 Å². The van der Waals surface area contributed by atoms with Crippen LogP contribution in [0.4, 0.5) is 13.2 Å². The van der Waals surface area contributed by atoms with Gasteiger partial charge >= 0.3 is 18.0 Å². The molecule has 0 aliphatic rings. The van der Waals surface area contributed by atoms with E-state index in [9.17, 15) is 18.0 Å². The maximum atomic E-state index is 13.0. The van der Waals surface area contributed by atoms with Crippen molar-refractivity contribution in [1.82, 2.24) is 10.1 Å². The molecule has 0 aliphatic heterocycles. The topological polar surface area (TPSA) is 65.2 Å². The quantitative estimate of drug-likeness (QED) is 0.755. The van der Waals surface area contributed by atoms with Crippen LogP contribution in [0, 0.1) is 6.92 Å². The summed E-state index contributed by atoms with van der Waals surface area (Å²) in [5, 5.41) is 3.51. The SMILES string of the molecule is CCOC(=O)c1nc(-c2cc(C)c(Br)c(C(F)(F)F)c2)no1. The van der Waals surface area contributed by atoms with Gasteiger partial charge in [-0.15, -0.1) is 0 Å². The van der Waals surface area contributed by atoms with Crippen molar-refractivity contribution in [3.63, 3.8) is 0 Å². The minimum atomic E-state index is -4.53. The van der Waals surface area contributed by atoms with Crippen LogP contribution in [0.15, 0.2) is 21.1 Å². The summed E-state index contributed by atoms with van der Waals surface area (Å²) in [6.07, 6.45) is -4.53. The Morgan fingerprint density at radius 3 is 2.68 bits per heavy atom. The van der Waals surface area contributed by atoms with E-state index in [4.69, 9.17) is 4.52 Å². The van der Waals surface area contributed by atoms with Gasteiger partial charge in [-0.3, -0.25) is 0 Å². The lowest BCUT2D eigenvalue weighted by atomic mass is 10.1. The standard InChI is InChI=1S/C13H10BrF3N2O3/c1-3-21-12(20)11-18-10(19-22-11)7-4-6(2)9(14)8(5-7)13(15,16)17/h4-5H,3H2,1-2H3. The first-order valence-corrected chi connectivity index (χ1v) is 6.92. The molecule has 0 N–H and O–H groups in total. The number of aromatic nitrogens is 2. The van der Waals surface area contributed by atoms with Crippen LogP contribution in [0.2, 0.25) is 0 Å². The first-order chi connectivity index (χ1) is 10.2. The molecule has 2 aromatic rings. The molecular formula is C13H10BrF3N2O3. The number of nitrogens with zero attached hydrogens (tertiary/aromatic N) is 2. The lowest BCUT2D eigenvalue weighted by molar-refractivity contribution is -0.138. The number of hydrogen-bond acceptors (Lipinski definition) is 5. The van der Waals surface area contributed by atoms with E-state index in [-0.39, 0.29) is 22.5 Å². The molecule has 0 saturated heterocycles. The van der Waals surface area contributed by atoms with Crippen molar-refractivity contribution in [1.29, 1.82) is 0 Å². The molecule has 0 atom stereocenters. The Morgan fingerprint density at radius 1 is 1.41 bits per heavy atom. The van der Waals surface area contributed by atoms with E-state index < -0.39 is 23.6 Å². The van der Waals surface area contributed by atoms with Gasteiger partial charge in [0.05, 0.1) is 12.2 Å². The zero-order chi connectivity index (χ0) is 16.5. The molecule has 0 unspecified atom stereocenters. The molecular weight excluding hydrogens is 369 g/mol. The van der Waals surface area contributed by atoms with E-state index in [1.54, 1.807) is 6.92 Å². The molecule has 0 saturated carbocycles. The fourth-order valence-corrected chi connectivity index (χ4v) is 2.18. The number of hydrogen-bond donors (Lipinski definition) is 0. The summed E-state index contributed by atoms with van der Waals surface area (Å²) in [7, 11) is 0. The van der Waals surface area contributed by atoms with Gasteiger partial charge in [0.1, 0.15) is 0 Å². The zero-order valence-electron chi connectivity index (χ0n) is 11.5. The van der Waals surface area contributed by atoms with Gasteiger partial charge in [0.15, 0.2) is 0 Å². The number of esters is 1. The molecule has 1 heterocycles. The van der Waals surface area contributed by atoms with Crippen molar-refractivity contribution in [2.45, 2.75) is 20.0 Å². The second-order valence-corrected chi connectivity index (χ2v) is 5.09. The molecule has 0 aliphatic carbocycles. The van der Waals surface area contributed by atoms with Gasteiger partial charge in [0.25, 0.3) is 0 Å². The van der Waals surface area contributed by atoms with Crippen LogP contribution >= 0.6 is 15.9 Å². The van der Waals surface area contributed by atoms with Crippen LogP contribution in [0.25, 0.3) is 11.4 Å². The number of carbonyl (C=O) groups excluding carboxylic acids is 1. The number of alkyl halides is 3. The fraction of sp³-hybridized carbons (Fsp3) is 0.308. The third-order valence-electron chi connectivity index (χ3n) is 2.69. The molecule has 1 aromatic heterocycles. The highest BCUT2D eigenvalue weighted by Crippen LogP contribution is 2.38. The molecule has 5 nitrogen and oxygen atoms in total. The van der Waals surface area contributed by atoms with Crippen molar-refractivity contribution < 1.29 is 27.2 Å². The van der Waals surface area contributed by atoms with E-state index in [1.165, 1.54) is 13.0 Å². The van der Waals surface area contributed by atoms with Crippen LogP contribution < -0.4 is 0 Å². The van der Waals surface area contributed by atoms with Gasteiger partial charge < -0.3 is 9.26 Å². The van der Waals surface area contributed by atoms with Crippen LogP contribution in [0.1, 0.15) is 28.7 Å². The number of aryl methyl sites for hydroxylation is 1. The Balaban J connectivity index is 2.46. The van der Waals surface area contributed by atoms with Gasteiger partial charge in [0, 0.05) is 10.0 Å². The molecule has 0 bridgehead atoms. The summed E-state index contributed by atoms with van der Waals surface area (Å²) in [5.74, 6) is -1.36. The summed E-state index contributed by atoms with van der Waals surface area (Å²) in [6, 6.07) is 2.34. The smallest absolute Gasteiger partial charge is 0.417 e. The molecule has 0 fully saturated rings. The van der Waals surface area contributed by atoms with E-state index in [0.717, 1.165) is 6.07 Å². The van der Waals surface area contributed by atoms with Crippen molar-refractivity contribution in [3.05, 3.63) is 33.6 Å². The third kappa shape index (κ3) is 3.29. The lowest BCUT2D eigenvalue weighted by Gasteiger charge is -2.12. The van der Waals surface area contributed by atoms with Gasteiger partial charge in [-0.2, -0.15) is 18.2 Å². The van der Waals surface area contributed by atoms with E-state index >= 15 is 0 Å². The van der Waals surface area contributed by atoms with E-state index in [1.807, 2.05) is 0 Å².